The SMILES string of the molecule is CCc1c(CC2CCCCC2)nc(SCC(=O)c2ccccc2)[nH]c1=O. The van der Waals surface area contributed by atoms with Gasteiger partial charge >= 0.3 is 0 Å². The minimum atomic E-state index is -0.0528. The molecule has 3 rings (SSSR count). The van der Waals surface area contributed by atoms with Crippen LogP contribution < -0.4 is 5.56 Å². The van der Waals surface area contributed by atoms with E-state index in [0.717, 1.165) is 17.7 Å². The Morgan fingerprint density at radius 2 is 1.92 bits per heavy atom. The van der Waals surface area contributed by atoms with Crippen molar-refractivity contribution in [1.29, 1.82) is 0 Å². The van der Waals surface area contributed by atoms with Crippen LogP contribution in [-0.2, 0) is 12.8 Å². The number of aromatic nitrogens is 2. The first-order valence-electron chi connectivity index (χ1n) is 9.50. The summed E-state index contributed by atoms with van der Waals surface area (Å²) in [4.78, 5) is 32.3. The quantitative estimate of drug-likeness (QED) is 0.445. The summed E-state index contributed by atoms with van der Waals surface area (Å²) in [6, 6.07) is 9.23. The second kappa shape index (κ2) is 9.17. The molecule has 5 heteroatoms. The smallest absolute Gasteiger partial charge is 0.254 e. The van der Waals surface area contributed by atoms with Crippen molar-refractivity contribution in [3.63, 3.8) is 0 Å². The van der Waals surface area contributed by atoms with Crippen LogP contribution in [0.3, 0.4) is 0 Å². The Labute approximate surface area is 158 Å². The molecule has 1 fully saturated rings. The zero-order valence-corrected chi connectivity index (χ0v) is 16.1. The zero-order valence-electron chi connectivity index (χ0n) is 15.3. The highest BCUT2D eigenvalue weighted by Crippen LogP contribution is 2.27. The Bertz CT molecular complexity index is 795. The Kier molecular flexibility index (Phi) is 6.67. The number of thioether (sulfide) groups is 1. The number of Topliss-reactive ketones (excluding diaryl/α,β-unsaturated/α-hetero) is 1. The molecule has 0 amide bonds. The van der Waals surface area contributed by atoms with E-state index >= 15 is 0 Å². The summed E-state index contributed by atoms with van der Waals surface area (Å²) in [6.45, 7) is 2.00. The van der Waals surface area contributed by atoms with Gasteiger partial charge in [-0.1, -0.05) is 81.1 Å². The van der Waals surface area contributed by atoms with Crippen molar-refractivity contribution in [3.8, 4) is 0 Å². The fourth-order valence-corrected chi connectivity index (χ4v) is 4.40. The zero-order chi connectivity index (χ0) is 18.4. The van der Waals surface area contributed by atoms with Crippen LogP contribution in [0.5, 0.6) is 0 Å². The van der Waals surface area contributed by atoms with Crippen LogP contribution in [0.4, 0.5) is 0 Å². The minimum absolute atomic E-state index is 0.0478. The third-order valence-corrected chi connectivity index (χ3v) is 5.95. The number of nitrogens with one attached hydrogen (secondary N) is 1. The molecule has 0 aliphatic heterocycles. The van der Waals surface area contributed by atoms with Gasteiger partial charge in [0.1, 0.15) is 0 Å². The molecule has 0 spiro atoms. The van der Waals surface area contributed by atoms with E-state index in [1.807, 2.05) is 37.3 Å². The maximum Gasteiger partial charge on any atom is 0.254 e. The van der Waals surface area contributed by atoms with E-state index in [1.165, 1.54) is 43.9 Å². The molecule has 0 radical (unpaired) electrons. The van der Waals surface area contributed by atoms with Gasteiger partial charge in [-0.05, 0) is 18.8 Å². The molecule has 4 nitrogen and oxygen atoms in total. The molecule has 1 N–H and O–H groups in total. The second-order valence-corrected chi connectivity index (χ2v) is 7.90. The van der Waals surface area contributed by atoms with E-state index in [2.05, 4.69) is 4.98 Å². The molecule has 0 bridgehead atoms. The van der Waals surface area contributed by atoms with Gasteiger partial charge in [0.25, 0.3) is 5.56 Å². The number of carbonyl (C=O) groups excluding carboxylic acids is 1. The van der Waals surface area contributed by atoms with Crippen LogP contribution in [0, 0.1) is 5.92 Å². The lowest BCUT2D eigenvalue weighted by Gasteiger charge is -2.22. The van der Waals surface area contributed by atoms with E-state index in [0.29, 0.717) is 23.1 Å². The Balaban J connectivity index is 1.73. The predicted molar refractivity (Wildman–Crippen MR) is 106 cm³/mol. The average Bonchev–Trinajstić information content (AvgIpc) is 2.67. The summed E-state index contributed by atoms with van der Waals surface area (Å²) in [5, 5.41) is 0.558. The number of aromatic amines is 1. The van der Waals surface area contributed by atoms with E-state index in [9.17, 15) is 9.59 Å². The fourth-order valence-electron chi connectivity index (χ4n) is 3.63. The lowest BCUT2D eigenvalue weighted by molar-refractivity contribution is 0.102. The molecule has 1 aromatic carbocycles. The summed E-state index contributed by atoms with van der Waals surface area (Å²) < 4.78 is 0. The molecule has 138 valence electrons. The van der Waals surface area contributed by atoms with Crippen LogP contribution in [0.1, 0.15) is 60.6 Å². The van der Waals surface area contributed by atoms with Crippen LogP contribution in [0.2, 0.25) is 0 Å². The summed E-state index contributed by atoms with van der Waals surface area (Å²) in [5.41, 5.74) is 2.37. The highest BCUT2D eigenvalue weighted by Gasteiger charge is 2.19. The molecule has 1 heterocycles. The predicted octanol–water partition coefficient (Wildman–Crippen LogP) is 4.43. The van der Waals surface area contributed by atoms with Crippen molar-refractivity contribution in [2.24, 2.45) is 5.92 Å². The van der Waals surface area contributed by atoms with Crippen molar-refractivity contribution in [2.45, 2.75) is 57.0 Å². The van der Waals surface area contributed by atoms with Gasteiger partial charge < -0.3 is 4.98 Å². The maximum atomic E-state index is 12.5. The van der Waals surface area contributed by atoms with Crippen molar-refractivity contribution >= 4 is 17.5 Å². The molecule has 26 heavy (non-hydrogen) atoms. The number of H-pyrrole nitrogens is 1. The van der Waals surface area contributed by atoms with Gasteiger partial charge in [-0.25, -0.2) is 4.98 Å². The van der Waals surface area contributed by atoms with Crippen molar-refractivity contribution in [1.82, 2.24) is 9.97 Å². The first-order chi connectivity index (χ1) is 12.7. The largest absolute Gasteiger partial charge is 0.301 e. The molecule has 0 saturated heterocycles. The van der Waals surface area contributed by atoms with E-state index < -0.39 is 0 Å². The summed E-state index contributed by atoms with van der Waals surface area (Å²) in [7, 11) is 0. The molecule has 0 unspecified atom stereocenters. The van der Waals surface area contributed by atoms with Crippen LogP contribution in [0.25, 0.3) is 0 Å². The third-order valence-electron chi connectivity index (χ3n) is 5.08. The average molecular weight is 371 g/mol. The fraction of sp³-hybridized carbons (Fsp3) is 0.476. The summed E-state index contributed by atoms with van der Waals surface area (Å²) in [5.74, 6) is 0.959. The maximum absolute atomic E-state index is 12.5. The highest BCUT2D eigenvalue weighted by atomic mass is 32.2. The third kappa shape index (κ3) is 4.85. The van der Waals surface area contributed by atoms with E-state index in [4.69, 9.17) is 4.98 Å². The first-order valence-corrected chi connectivity index (χ1v) is 10.5. The number of hydrogen-bond acceptors (Lipinski definition) is 4. The van der Waals surface area contributed by atoms with Crippen molar-refractivity contribution < 1.29 is 4.79 Å². The summed E-state index contributed by atoms with van der Waals surface area (Å²) >= 11 is 1.32. The Morgan fingerprint density at radius 1 is 1.19 bits per heavy atom. The molecule has 2 aromatic rings. The number of carbonyl (C=O) groups is 1. The van der Waals surface area contributed by atoms with Crippen molar-refractivity contribution in [2.75, 3.05) is 5.75 Å². The molecule has 1 aromatic heterocycles. The Hall–Kier alpha value is -1.88. The van der Waals surface area contributed by atoms with Gasteiger partial charge in [0.05, 0.1) is 11.4 Å². The number of hydrogen-bond donors (Lipinski definition) is 1. The van der Waals surface area contributed by atoms with E-state index in [1.54, 1.807) is 0 Å². The van der Waals surface area contributed by atoms with Crippen molar-refractivity contribution in [3.05, 3.63) is 57.5 Å². The highest BCUT2D eigenvalue weighted by molar-refractivity contribution is 7.99. The minimum Gasteiger partial charge on any atom is -0.301 e. The van der Waals surface area contributed by atoms with Gasteiger partial charge in [0, 0.05) is 11.1 Å². The lowest BCUT2D eigenvalue weighted by atomic mass is 9.85. The number of rotatable bonds is 7. The van der Waals surface area contributed by atoms with Gasteiger partial charge in [-0.3, -0.25) is 9.59 Å². The van der Waals surface area contributed by atoms with E-state index in [-0.39, 0.29) is 17.1 Å². The summed E-state index contributed by atoms with van der Waals surface area (Å²) in [6.07, 6.45) is 7.92. The first kappa shape index (κ1) is 18.9. The molecule has 0 atom stereocenters. The molecular weight excluding hydrogens is 344 g/mol. The van der Waals surface area contributed by atoms with Crippen LogP contribution in [-0.4, -0.2) is 21.5 Å². The normalized spacial score (nSPS) is 15.1. The number of ketones is 1. The number of nitrogens with zero attached hydrogens (tertiary/aromatic N) is 1. The van der Waals surface area contributed by atoms with Crippen LogP contribution >= 0.6 is 11.8 Å². The van der Waals surface area contributed by atoms with Gasteiger partial charge in [-0.2, -0.15) is 0 Å². The molecule has 1 saturated carbocycles. The second-order valence-electron chi connectivity index (χ2n) is 6.94. The topological polar surface area (TPSA) is 62.8 Å². The van der Waals surface area contributed by atoms with Gasteiger partial charge in [-0.15, -0.1) is 0 Å². The molecule has 1 aliphatic rings. The Morgan fingerprint density at radius 3 is 2.62 bits per heavy atom. The standard InChI is InChI=1S/C21H26N2O2S/c1-2-17-18(13-15-9-5-3-6-10-15)22-21(23-20(17)25)26-14-19(24)16-11-7-4-8-12-16/h4,7-8,11-12,15H,2-3,5-6,9-10,13-14H2,1H3,(H,22,23,25). The van der Waals surface area contributed by atoms with Gasteiger partial charge in [0.2, 0.25) is 0 Å². The lowest BCUT2D eigenvalue weighted by Crippen LogP contribution is -2.21. The van der Waals surface area contributed by atoms with Gasteiger partial charge in [0.15, 0.2) is 10.9 Å². The van der Waals surface area contributed by atoms with Crippen LogP contribution in [0.15, 0.2) is 40.3 Å². The molecular formula is C21H26N2O2S. The molecule has 1 aliphatic carbocycles. The number of benzene rings is 1. The monoisotopic (exact) mass is 370 g/mol.